The van der Waals surface area contributed by atoms with E-state index in [0.717, 1.165) is 16.0 Å². The van der Waals surface area contributed by atoms with Crippen molar-refractivity contribution >= 4 is 40.9 Å². The van der Waals surface area contributed by atoms with Gasteiger partial charge in [-0.2, -0.15) is 0 Å². The lowest BCUT2D eigenvalue weighted by atomic mass is 10.1. The van der Waals surface area contributed by atoms with Crippen molar-refractivity contribution in [1.29, 1.82) is 0 Å². The molecule has 0 unspecified atom stereocenters. The number of carbonyl (C=O) groups excluding carboxylic acids is 4. The first kappa shape index (κ1) is 21.5. The van der Waals surface area contributed by atoms with Crippen LogP contribution in [0.3, 0.4) is 0 Å². The minimum Gasteiger partial charge on any atom is -0.454 e. The second-order valence-corrected chi connectivity index (χ2v) is 7.91. The Bertz CT molecular complexity index is 1280. The molecular weight excluding hydrogens is 430 g/mol. The molecule has 0 N–H and O–H groups in total. The molecule has 1 aliphatic heterocycles. The minimum atomic E-state index is -0.759. The summed E-state index contributed by atoms with van der Waals surface area (Å²) in [5, 5.41) is 0.432. The third kappa shape index (κ3) is 3.92. The fourth-order valence-corrected chi connectivity index (χ4v) is 3.54. The van der Waals surface area contributed by atoms with Gasteiger partial charge in [-0.3, -0.25) is 14.4 Å². The fraction of sp³-hybridized carbons (Fsp3) is 0.120. The summed E-state index contributed by atoms with van der Waals surface area (Å²) in [6.07, 6.45) is 0. The van der Waals surface area contributed by atoms with Crippen molar-refractivity contribution in [2.45, 2.75) is 13.8 Å². The highest BCUT2D eigenvalue weighted by Gasteiger charge is 2.37. The maximum Gasteiger partial charge on any atom is 0.338 e. The van der Waals surface area contributed by atoms with Gasteiger partial charge in [0.05, 0.1) is 22.4 Å². The van der Waals surface area contributed by atoms with Crippen LogP contribution in [0, 0.1) is 13.8 Å². The summed E-state index contributed by atoms with van der Waals surface area (Å²) < 4.78 is 5.12. The highest BCUT2D eigenvalue weighted by Crippen LogP contribution is 2.31. The highest BCUT2D eigenvalue weighted by atomic mass is 35.5. The number of carbonyl (C=O) groups is 4. The standard InChI is InChI=1S/C25H18ClNO5/c1-14-3-6-16(7-4-14)22(28)13-32-25(31)17-8-10-19-20(11-17)24(30)27(23(19)29)18-9-5-15(2)21(26)12-18/h3-12H,13H2,1-2H3. The number of imide groups is 1. The lowest BCUT2D eigenvalue weighted by Gasteiger charge is -2.14. The average Bonchev–Trinajstić information content (AvgIpc) is 3.04. The van der Waals surface area contributed by atoms with Crippen LogP contribution in [0.25, 0.3) is 0 Å². The van der Waals surface area contributed by atoms with E-state index in [1.165, 1.54) is 18.2 Å². The molecule has 0 radical (unpaired) electrons. The Morgan fingerprint density at radius 3 is 2.19 bits per heavy atom. The van der Waals surface area contributed by atoms with Crippen molar-refractivity contribution in [3.05, 3.63) is 99.1 Å². The Labute approximate surface area is 189 Å². The fourth-order valence-electron chi connectivity index (χ4n) is 3.36. The first-order chi connectivity index (χ1) is 15.3. The number of Topliss-reactive ketones (excluding diaryl/α,β-unsaturated/α-hetero) is 1. The maximum absolute atomic E-state index is 12.9. The summed E-state index contributed by atoms with van der Waals surface area (Å²) in [5.41, 5.74) is 2.95. The van der Waals surface area contributed by atoms with Crippen molar-refractivity contribution in [3.63, 3.8) is 0 Å². The summed E-state index contributed by atoms with van der Waals surface area (Å²) in [5.74, 6) is -2.16. The van der Waals surface area contributed by atoms with Crippen molar-refractivity contribution in [2.24, 2.45) is 0 Å². The molecular formula is C25H18ClNO5. The quantitative estimate of drug-likeness (QED) is 0.319. The van der Waals surface area contributed by atoms with Crippen molar-refractivity contribution in [1.82, 2.24) is 0 Å². The van der Waals surface area contributed by atoms with Crippen LogP contribution >= 0.6 is 11.6 Å². The Morgan fingerprint density at radius 1 is 0.844 bits per heavy atom. The largest absolute Gasteiger partial charge is 0.454 e. The first-order valence-corrected chi connectivity index (χ1v) is 10.2. The number of ether oxygens (including phenoxy) is 1. The molecule has 160 valence electrons. The van der Waals surface area contributed by atoms with Crippen LogP contribution in [0.5, 0.6) is 0 Å². The lowest BCUT2D eigenvalue weighted by Crippen LogP contribution is -2.29. The molecule has 3 aromatic rings. The smallest absolute Gasteiger partial charge is 0.338 e. The van der Waals surface area contributed by atoms with Crippen molar-refractivity contribution < 1.29 is 23.9 Å². The molecule has 0 saturated heterocycles. The Hall–Kier alpha value is -3.77. The Kier molecular flexibility index (Phi) is 5.63. The van der Waals surface area contributed by atoms with Gasteiger partial charge in [0.2, 0.25) is 0 Å². The van der Waals surface area contributed by atoms with Crippen LogP contribution in [0.1, 0.15) is 52.6 Å². The predicted octanol–water partition coefficient (Wildman–Crippen LogP) is 4.80. The summed E-state index contributed by atoms with van der Waals surface area (Å²) in [7, 11) is 0. The molecule has 6 nitrogen and oxygen atoms in total. The summed E-state index contributed by atoms with van der Waals surface area (Å²) in [6, 6.07) is 15.9. The van der Waals surface area contributed by atoms with Gasteiger partial charge in [-0.1, -0.05) is 47.5 Å². The molecule has 0 fully saturated rings. The zero-order chi connectivity index (χ0) is 23.0. The van der Waals surface area contributed by atoms with Crippen molar-refractivity contribution in [2.75, 3.05) is 11.5 Å². The SMILES string of the molecule is Cc1ccc(C(=O)COC(=O)c2ccc3c(c2)C(=O)N(c2ccc(C)c(Cl)c2)C3=O)cc1. The van der Waals surface area contributed by atoms with E-state index in [4.69, 9.17) is 16.3 Å². The van der Waals surface area contributed by atoms with E-state index in [1.807, 2.05) is 13.8 Å². The molecule has 0 spiro atoms. The number of halogens is 1. The lowest BCUT2D eigenvalue weighted by molar-refractivity contribution is 0.0474. The van der Waals surface area contributed by atoms with Crippen LogP contribution in [-0.4, -0.2) is 30.2 Å². The molecule has 0 aromatic heterocycles. The molecule has 32 heavy (non-hydrogen) atoms. The normalized spacial score (nSPS) is 12.7. The number of rotatable bonds is 5. The number of hydrogen-bond donors (Lipinski definition) is 0. The van der Waals surface area contributed by atoms with E-state index in [2.05, 4.69) is 0 Å². The van der Waals surface area contributed by atoms with Gasteiger partial charge in [0.1, 0.15) is 0 Å². The van der Waals surface area contributed by atoms with E-state index in [0.29, 0.717) is 16.3 Å². The maximum atomic E-state index is 12.9. The highest BCUT2D eigenvalue weighted by molar-refractivity contribution is 6.36. The summed E-state index contributed by atoms with van der Waals surface area (Å²) in [4.78, 5) is 51.4. The van der Waals surface area contributed by atoms with Gasteiger partial charge in [-0.25, -0.2) is 9.69 Å². The van der Waals surface area contributed by atoms with Gasteiger partial charge < -0.3 is 4.74 Å². The monoisotopic (exact) mass is 447 g/mol. The zero-order valence-corrected chi connectivity index (χ0v) is 18.1. The van der Waals surface area contributed by atoms with Crippen LogP contribution in [0.2, 0.25) is 5.02 Å². The molecule has 0 aliphatic carbocycles. The number of benzene rings is 3. The average molecular weight is 448 g/mol. The van der Waals surface area contributed by atoms with Gasteiger partial charge >= 0.3 is 5.97 Å². The van der Waals surface area contributed by atoms with Gasteiger partial charge in [0.25, 0.3) is 11.8 Å². The van der Waals surface area contributed by atoms with Gasteiger partial charge in [0.15, 0.2) is 12.4 Å². The topological polar surface area (TPSA) is 80.8 Å². The number of hydrogen-bond acceptors (Lipinski definition) is 5. The molecule has 0 saturated carbocycles. The van der Waals surface area contributed by atoms with E-state index in [1.54, 1.807) is 42.5 Å². The summed E-state index contributed by atoms with van der Waals surface area (Å²) >= 11 is 6.14. The first-order valence-electron chi connectivity index (χ1n) is 9.82. The second-order valence-electron chi connectivity index (χ2n) is 7.50. The van der Waals surface area contributed by atoms with Gasteiger partial charge in [-0.15, -0.1) is 0 Å². The molecule has 1 heterocycles. The van der Waals surface area contributed by atoms with Gasteiger partial charge in [0, 0.05) is 10.6 Å². The number of aryl methyl sites for hydroxylation is 2. The number of esters is 1. The predicted molar refractivity (Wildman–Crippen MR) is 120 cm³/mol. The molecule has 4 rings (SSSR count). The van der Waals surface area contributed by atoms with Gasteiger partial charge in [-0.05, 0) is 49.7 Å². The molecule has 0 bridgehead atoms. The zero-order valence-electron chi connectivity index (χ0n) is 17.3. The minimum absolute atomic E-state index is 0.0744. The molecule has 3 aromatic carbocycles. The van der Waals surface area contributed by atoms with Crippen LogP contribution in [0.4, 0.5) is 5.69 Å². The third-order valence-corrected chi connectivity index (χ3v) is 5.65. The number of nitrogens with zero attached hydrogens (tertiary/aromatic N) is 1. The molecule has 7 heteroatoms. The molecule has 0 atom stereocenters. The number of fused-ring (bicyclic) bond motifs is 1. The number of anilines is 1. The Balaban J connectivity index is 1.51. The molecule has 1 aliphatic rings. The Morgan fingerprint density at radius 2 is 1.50 bits per heavy atom. The molecule has 2 amide bonds. The third-order valence-electron chi connectivity index (χ3n) is 5.24. The number of ketones is 1. The van der Waals surface area contributed by atoms with Crippen molar-refractivity contribution in [3.8, 4) is 0 Å². The van der Waals surface area contributed by atoms with E-state index in [-0.39, 0.29) is 22.5 Å². The van der Waals surface area contributed by atoms with Crippen LogP contribution < -0.4 is 4.90 Å². The summed E-state index contributed by atoms with van der Waals surface area (Å²) in [6.45, 7) is 3.29. The van der Waals surface area contributed by atoms with E-state index >= 15 is 0 Å². The second kappa shape index (κ2) is 8.40. The van der Waals surface area contributed by atoms with Crippen LogP contribution in [-0.2, 0) is 4.74 Å². The van der Waals surface area contributed by atoms with E-state index in [9.17, 15) is 19.2 Å². The van der Waals surface area contributed by atoms with E-state index < -0.39 is 24.4 Å². The number of amides is 2. The van der Waals surface area contributed by atoms with Crippen LogP contribution in [0.15, 0.2) is 60.7 Å².